The van der Waals surface area contributed by atoms with Crippen molar-refractivity contribution in [1.29, 1.82) is 0 Å². The fourth-order valence-electron chi connectivity index (χ4n) is 7.90. The van der Waals surface area contributed by atoms with Crippen LogP contribution in [0.1, 0.15) is 72.1 Å². The molecule has 5 aliphatic rings. The number of sulfonamides is 1. The molecule has 15 heteroatoms. The molecule has 0 aromatic heterocycles. The molecule has 7 rings (SSSR count). The van der Waals surface area contributed by atoms with E-state index in [1.165, 1.54) is 27.6 Å². The molecule has 3 aliphatic heterocycles. The van der Waals surface area contributed by atoms with Gasteiger partial charge in [0.1, 0.15) is 17.7 Å². The van der Waals surface area contributed by atoms with Crippen LogP contribution in [0.3, 0.4) is 0 Å². The average molecular weight is 792 g/mol. The van der Waals surface area contributed by atoms with Gasteiger partial charge in [-0.15, -0.1) is 6.58 Å². The number of carbonyl (C=O) groups is 5. The van der Waals surface area contributed by atoms with Crippen molar-refractivity contribution in [2.45, 2.75) is 105 Å². The van der Waals surface area contributed by atoms with E-state index in [4.69, 9.17) is 4.74 Å². The lowest BCUT2D eigenvalue weighted by Crippen LogP contribution is -2.57. The van der Waals surface area contributed by atoms with Gasteiger partial charge in [0.15, 0.2) is 0 Å². The van der Waals surface area contributed by atoms with Crippen molar-refractivity contribution in [2.75, 3.05) is 24.5 Å². The molecule has 3 heterocycles. The molecule has 2 aromatic carbocycles. The second kappa shape index (κ2) is 14.9. The average Bonchev–Trinajstić information content (AvgIpc) is 4.09. The van der Waals surface area contributed by atoms with Crippen LogP contribution in [-0.4, -0.2) is 90.5 Å². The standard InChI is InChI=1S/C40H49N5O8S2/c1-5-25-23-40(25,37(49)42-55(51,52)27-17-18-27)41-35(47)31-21-26(24-44(31)36(48)28(39(2,3)4)22-34(46)43-19-11-6-12-20-43)53-38(50)45-29-13-7-9-15-32(29)54-33-16-10-8-14-30(33)45/h5,7-10,13-16,25-28,31H,1,6,11-12,17-24H2,2-4H3,(H,41,47)(H,42,49)/t25?,26-,28-,31+,40-/m1/s1. The maximum atomic E-state index is 14.7. The van der Waals surface area contributed by atoms with Crippen molar-refractivity contribution in [3.63, 3.8) is 0 Å². The lowest BCUT2D eigenvalue weighted by molar-refractivity contribution is -0.148. The van der Waals surface area contributed by atoms with E-state index < -0.39 is 74.0 Å². The zero-order chi connectivity index (χ0) is 39.3. The molecular formula is C40H49N5O8S2. The molecule has 2 aromatic rings. The number of rotatable bonds is 10. The van der Waals surface area contributed by atoms with Gasteiger partial charge in [-0.2, -0.15) is 0 Å². The Balaban J connectivity index is 1.16. The quantitative estimate of drug-likeness (QED) is 0.311. The maximum absolute atomic E-state index is 14.7. The fraction of sp³-hybridized carbons (Fsp3) is 0.525. The van der Waals surface area contributed by atoms with Gasteiger partial charge in [0, 0.05) is 41.6 Å². The SMILES string of the molecule is C=CC1C[C@]1(NC(=O)[C@@H]1C[C@@H](OC(=O)N2c3ccccc3Sc3ccccc32)CN1C(=O)[C@@H](CC(=O)N1CCCCC1)C(C)(C)C)C(=O)NS(=O)(=O)C1CC1. The number of hydrogen-bond acceptors (Lipinski definition) is 9. The molecule has 55 heavy (non-hydrogen) atoms. The highest BCUT2D eigenvalue weighted by atomic mass is 32.2. The summed E-state index contributed by atoms with van der Waals surface area (Å²) in [5.41, 5.74) is -0.978. The van der Waals surface area contributed by atoms with Crippen molar-refractivity contribution >= 4 is 62.9 Å². The Morgan fingerprint density at radius 1 is 0.982 bits per heavy atom. The Kier molecular flexibility index (Phi) is 10.6. The van der Waals surface area contributed by atoms with Gasteiger partial charge in [-0.3, -0.25) is 23.9 Å². The molecule has 0 spiro atoms. The summed E-state index contributed by atoms with van der Waals surface area (Å²) >= 11 is 1.54. The van der Waals surface area contributed by atoms with Gasteiger partial charge in [0.25, 0.3) is 5.91 Å². The van der Waals surface area contributed by atoms with E-state index in [-0.39, 0.29) is 31.7 Å². The first-order chi connectivity index (χ1) is 26.1. The molecule has 13 nitrogen and oxygen atoms in total. The zero-order valence-corrected chi connectivity index (χ0v) is 33.1. The maximum Gasteiger partial charge on any atom is 0.419 e. The van der Waals surface area contributed by atoms with E-state index in [0.717, 1.165) is 29.1 Å². The summed E-state index contributed by atoms with van der Waals surface area (Å²) in [6, 6.07) is 13.7. The van der Waals surface area contributed by atoms with Crippen LogP contribution in [0.4, 0.5) is 16.2 Å². The third-order valence-electron chi connectivity index (χ3n) is 11.4. The van der Waals surface area contributed by atoms with Crippen LogP contribution in [0.5, 0.6) is 0 Å². The summed E-state index contributed by atoms with van der Waals surface area (Å²) < 4.78 is 33.8. The third kappa shape index (κ3) is 7.87. The number of carbonyl (C=O) groups excluding carboxylic acids is 5. The first-order valence-electron chi connectivity index (χ1n) is 19.1. The van der Waals surface area contributed by atoms with Gasteiger partial charge in [0.2, 0.25) is 27.7 Å². The monoisotopic (exact) mass is 791 g/mol. The zero-order valence-electron chi connectivity index (χ0n) is 31.5. The highest BCUT2D eigenvalue weighted by molar-refractivity contribution is 7.99. The van der Waals surface area contributed by atoms with Gasteiger partial charge in [-0.05, 0) is 68.2 Å². The number of anilines is 2. The van der Waals surface area contributed by atoms with E-state index in [9.17, 15) is 32.4 Å². The Morgan fingerprint density at radius 2 is 1.60 bits per heavy atom. The summed E-state index contributed by atoms with van der Waals surface area (Å²) in [4.78, 5) is 76.8. The fourth-order valence-corrected chi connectivity index (χ4v) is 10.3. The summed E-state index contributed by atoms with van der Waals surface area (Å²) in [6.45, 7) is 10.6. The highest BCUT2D eigenvalue weighted by Gasteiger charge is 2.62. The molecule has 1 unspecified atom stereocenters. The minimum absolute atomic E-state index is 0.0550. The number of amides is 5. The van der Waals surface area contributed by atoms with Crippen molar-refractivity contribution in [3.8, 4) is 0 Å². The number of ether oxygens (including phenoxy) is 1. The summed E-state index contributed by atoms with van der Waals surface area (Å²) in [6.07, 6.45) is 3.64. The molecule has 5 atom stereocenters. The molecule has 2 N–H and O–H groups in total. The van der Waals surface area contributed by atoms with Crippen LogP contribution in [0.25, 0.3) is 0 Å². The Bertz CT molecular complexity index is 1960. The first-order valence-corrected chi connectivity index (χ1v) is 21.4. The largest absolute Gasteiger partial charge is 0.444 e. The van der Waals surface area contributed by atoms with Gasteiger partial charge in [-0.25, -0.2) is 18.1 Å². The van der Waals surface area contributed by atoms with E-state index in [2.05, 4.69) is 16.6 Å². The number of nitrogens with zero attached hydrogens (tertiary/aromatic N) is 3. The summed E-state index contributed by atoms with van der Waals surface area (Å²) in [7, 11) is -3.91. The van der Waals surface area contributed by atoms with Crippen molar-refractivity contribution in [3.05, 3.63) is 61.2 Å². The Morgan fingerprint density at radius 3 is 2.16 bits per heavy atom. The van der Waals surface area contributed by atoms with Crippen molar-refractivity contribution in [1.82, 2.24) is 19.8 Å². The Hall–Kier alpha value is -4.37. The molecule has 5 amide bonds. The van der Waals surface area contributed by atoms with Gasteiger partial charge >= 0.3 is 6.09 Å². The normalized spacial score (nSPS) is 25.2. The van der Waals surface area contributed by atoms with E-state index in [1.807, 2.05) is 69.3 Å². The lowest BCUT2D eigenvalue weighted by Gasteiger charge is -2.36. The number of benzene rings is 2. The molecule has 2 aliphatic carbocycles. The number of nitrogens with one attached hydrogen (secondary N) is 2. The molecule has 4 fully saturated rings. The molecule has 0 bridgehead atoms. The van der Waals surface area contributed by atoms with Gasteiger partial charge in [0.05, 0.1) is 29.1 Å². The third-order valence-corrected chi connectivity index (χ3v) is 14.4. The smallest absolute Gasteiger partial charge is 0.419 e. The molecule has 294 valence electrons. The minimum Gasteiger partial charge on any atom is -0.444 e. The van der Waals surface area contributed by atoms with Crippen LogP contribution in [0.2, 0.25) is 0 Å². The van der Waals surface area contributed by atoms with Crippen LogP contribution in [0, 0.1) is 17.3 Å². The van der Waals surface area contributed by atoms with Crippen LogP contribution < -0.4 is 14.9 Å². The van der Waals surface area contributed by atoms with Crippen LogP contribution in [0.15, 0.2) is 71.0 Å². The summed E-state index contributed by atoms with van der Waals surface area (Å²) in [5, 5.41) is 2.15. The number of likely N-dealkylation sites (tertiary alicyclic amines) is 2. The van der Waals surface area contributed by atoms with Crippen molar-refractivity contribution in [2.24, 2.45) is 17.3 Å². The predicted molar refractivity (Wildman–Crippen MR) is 207 cm³/mol. The molecule has 2 saturated heterocycles. The predicted octanol–water partition coefficient (Wildman–Crippen LogP) is 5.13. The molecular weight excluding hydrogens is 743 g/mol. The number of fused-ring (bicyclic) bond motifs is 2. The number of hydrogen-bond donors (Lipinski definition) is 2. The Labute approximate surface area is 326 Å². The summed E-state index contributed by atoms with van der Waals surface area (Å²) in [5.74, 6) is -3.45. The van der Waals surface area contributed by atoms with E-state index in [1.54, 1.807) is 4.90 Å². The minimum atomic E-state index is -3.91. The van der Waals surface area contributed by atoms with E-state index in [0.29, 0.717) is 37.3 Å². The topological polar surface area (TPSA) is 162 Å². The highest BCUT2D eigenvalue weighted by Crippen LogP contribution is 2.49. The van der Waals surface area contributed by atoms with Gasteiger partial charge < -0.3 is 19.9 Å². The second-order valence-electron chi connectivity index (χ2n) is 16.4. The van der Waals surface area contributed by atoms with Gasteiger partial charge in [-0.1, -0.05) is 62.9 Å². The lowest BCUT2D eigenvalue weighted by atomic mass is 9.77. The number of piperidine rings is 1. The number of para-hydroxylation sites is 2. The second-order valence-corrected chi connectivity index (χ2v) is 19.4. The van der Waals surface area contributed by atoms with Crippen molar-refractivity contribution < 1.29 is 37.1 Å². The van der Waals surface area contributed by atoms with Crippen LogP contribution >= 0.6 is 11.8 Å². The first kappa shape index (κ1) is 38.9. The molecule has 0 radical (unpaired) electrons. The molecule has 2 saturated carbocycles. The van der Waals surface area contributed by atoms with Crippen LogP contribution in [-0.2, 0) is 33.9 Å². The van der Waals surface area contributed by atoms with E-state index >= 15 is 0 Å².